The summed E-state index contributed by atoms with van der Waals surface area (Å²) in [6.07, 6.45) is 0. The molecule has 0 saturated carbocycles. The zero-order valence-electron chi connectivity index (χ0n) is 5.70. The van der Waals surface area contributed by atoms with Gasteiger partial charge < -0.3 is 4.74 Å². The lowest BCUT2D eigenvalue weighted by Crippen LogP contribution is -2.04. The molecule has 0 unspecified atom stereocenters. The summed E-state index contributed by atoms with van der Waals surface area (Å²) in [6, 6.07) is 0. The van der Waals surface area contributed by atoms with Gasteiger partial charge >= 0.3 is 5.97 Å². The van der Waals surface area contributed by atoms with Gasteiger partial charge in [0.1, 0.15) is 6.67 Å². The normalized spacial score (nSPS) is 9.64. The van der Waals surface area contributed by atoms with Crippen molar-refractivity contribution in [2.24, 2.45) is 0 Å². The van der Waals surface area contributed by atoms with E-state index in [2.05, 4.69) is 14.3 Å². The molecule has 0 saturated heterocycles. The molecule has 60 valence electrons. The highest BCUT2D eigenvalue weighted by Crippen LogP contribution is 2.12. The standard InChI is InChI=1S/C5H5FN2O2S/c1-10-5(9)4-3(2-6)11-8-7-4/h2H2,1H3. The molecular weight excluding hydrogens is 171 g/mol. The summed E-state index contributed by atoms with van der Waals surface area (Å²) in [7, 11) is 1.21. The molecule has 0 aromatic carbocycles. The zero-order chi connectivity index (χ0) is 8.27. The van der Waals surface area contributed by atoms with E-state index < -0.39 is 12.6 Å². The molecule has 0 aliphatic heterocycles. The number of rotatable bonds is 2. The maximum absolute atomic E-state index is 12.0. The van der Waals surface area contributed by atoms with Crippen LogP contribution in [0.3, 0.4) is 0 Å². The fourth-order valence-corrected chi connectivity index (χ4v) is 1.03. The van der Waals surface area contributed by atoms with Crippen LogP contribution in [0.5, 0.6) is 0 Å². The Hall–Kier alpha value is -1.04. The highest BCUT2D eigenvalue weighted by atomic mass is 32.1. The molecule has 1 aromatic rings. The molecule has 11 heavy (non-hydrogen) atoms. The van der Waals surface area contributed by atoms with E-state index in [-0.39, 0.29) is 10.6 Å². The number of carbonyl (C=O) groups excluding carboxylic acids is 1. The molecular formula is C5H5FN2O2S. The predicted octanol–water partition coefficient (Wildman–Crippen LogP) is 0.794. The molecule has 4 nitrogen and oxygen atoms in total. The van der Waals surface area contributed by atoms with Crippen LogP contribution in [0.15, 0.2) is 0 Å². The van der Waals surface area contributed by atoms with E-state index in [9.17, 15) is 9.18 Å². The minimum atomic E-state index is -0.734. The average molecular weight is 176 g/mol. The minimum Gasteiger partial charge on any atom is -0.464 e. The van der Waals surface area contributed by atoms with Crippen LogP contribution in [0, 0.1) is 0 Å². The van der Waals surface area contributed by atoms with Gasteiger partial charge in [-0.05, 0) is 11.5 Å². The van der Waals surface area contributed by atoms with Crippen LogP contribution in [0.1, 0.15) is 15.4 Å². The van der Waals surface area contributed by atoms with Crippen molar-refractivity contribution in [3.8, 4) is 0 Å². The molecule has 0 N–H and O–H groups in total. The van der Waals surface area contributed by atoms with E-state index in [0.29, 0.717) is 0 Å². The summed E-state index contributed by atoms with van der Waals surface area (Å²) in [5, 5.41) is 3.41. The topological polar surface area (TPSA) is 52.1 Å². The molecule has 0 aliphatic carbocycles. The van der Waals surface area contributed by atoms with Gasteiger partial charge in [-0.25, -0.2) is 9.18 Å². The Labute approximate surface area is 66.2 Å². The summed E-state index contributed by atoms with van der Waals surface area (Å²) < 4.78 is 19.8. The second-order valence-electron chi connectivity index (χ2n) is 1.67. The first-order chi connectivity index (χ1) is 5.29. The van der Waals surface area contributed by atoms with E-state index in [1.807, 2.05) is 0 Å². The number of alkyl halides is 1. The molecule has 1 aromatic heterocycles. The summed E-state index contributed by atoms with van der Waals surface area (Å²) in [5.74, 6) is -0.647. The summed E-state index contributed by atoms with van der Waals surface area (Å²) >= 11 is 0.856. The summed E-state index contributed by atoms with van der Waals surface area (Å²) in [5.41, 5.74) is -0.0278. The highest BCUT2D eigenvalue weighted by Gasteiger charge is 2.15. The van der Waals surface area contributed by atoms with Gasteiger partial charge in [-0.3, -0.25) is 0 Å². The monoisotopic (exact) mass is 176 g/mol. The zero-order valence-corrected chi connectivity index (χ0v) is 6.52. The number of hydrogen-bond donors (Lipinski definition) is 0. The van der Waals surface area contributed by atoms with Crippen molar-refractivity contribution in [1.29, 1.82) is 0 Å². The molecule has 6 heteroatoms. The number of esters is 1. The maximum Gasteiger partial charge on any atom is 0.359 e. The average Bonchev–Trinajstić information content (AvgIpc) is 2.50. The third kappa shape index (κ3) is 1.51. The molecule has 1 rings (SSSR count). The Balaban J connectivity index is 2.92. The van der Waals surface area contributed by atoms with Crippen LogP contribution in [-0.4, -0.2) is 22.7 Å². The second kappa shape index (κ2) is 3.38. The molecule has 1 heterocycles. The van der Waals surface area contributed by atoms with Gasteiger partial charge in [0.25, 0.3) is 0 Å². The number of methoxy groups -OCH3 is 1. The first-order valence-electron chi connectivity index (χ1n) is 2.75. The number of ether oxygens (including phenoxy) is 1. The van der Waals surface area contributed by atoms with Crippen LogP contribution in [0.25, 0.3) is 0 Å². The van der Waals surface area contributed by atoms with Crippen molar-refractivity contribution in [2.45, 2.75) is 6.67 Å². The van der Waals surface area contributed by atoms with Crippen molar-refractivity contribution < 1.29 is 13.9 Å². The van der Waals surface area contributed by atoms with Crippen molar-refractivity contribution >= 4 is 17.5 Å². The maximum atomic E-state index is 12.0. The lowest BCUT2D eigenvalue weighted by Gasteiger charge is -1.92. The van der Waals surface area contributed by atoms with Gasteiger partial charge in [0.05, 0.1) is 12.0 Å². The van der Waals surface area contributed by atoms with E-state index >= 15 is 0 Å². The van der Waals surface area contributed by atoms with E-state index in [4.69, 9.17) is 0 Å². The first kappa shape index (κ1) is 8.06. The van der Waals surface area contributed by atoms with Crippen LogP contribution in [-0.2, 0) is 11.4 Å². The van der Waals surface area contributed by atoms with E-state index in [1.54, 1.807) is 0 Å². The van der Waals surface area contributed by atoms with Crippen molar-refractivity contribution in [3.63, 3.8) is 0 Å². The predicted molar refractivity (Wildman–Crippen MR) is 36.1 cm³/mol. The third-order valence-electron chi connectivity index (χ3n) is 1.06. The Kier molecular flexibility index (Phi) is 2.48. The smallest absolute Gasteiger partial charge is 0.359 e. The Morgan fingerprint density at radius 3 is 3.09 bits per heavy atom. The lowest BCUT2D eigenvalue weighted by molar-refractivity contribution is 0.0592. The molecule has 0 spiro atoms. The largest absolute Gasteiger partial charge is 0.464 e. The Morgan fingerprint density at radius 1 is 1.82 bits per heavy atom. The van der Waals surface area contributed by atoms with Gasteiger partial charge in [-0.15, -0.1) is 5.10 Å². The lowest BCUT2D eigenvalue weighted by atomic mass is 10.4. The quantitative estimate of drug-likeness (QED) is 0.625. The number of carbonyl (C=O) groups is 1. The van der Waals surface area contributed by atoms with Crippen molar-refractivity contribution in [1.82, 2.24) is 9.59 Å². The van der Waals surface area contributed by atoms with Gasteiger partial charge in [-0.1, -0.05) is 4.49 Å². The van der Waals surface area contributed by atoms with Crippen LogP contribution < -0.4 is 0 Å². The van der Waals surface area contributed by atoms with Crippen molar-refractivity contribution in [2.75, 3.05) is 7.11 Å². The number of aromatic nitrogens is 2. The van der Waals surface area contributed by atoms with Gasteiger partial charge in [-0.2, -0.15) is 0 Å². The SMILES string of the molecule is COC(=O)c1nnsc1CF. The number of nitrogens with zero attached hydrogens (tertiary/aromatic N) is 2. The fraction of sp³-hybridized carbons (Fsp3) is 0.400. The molecule has 0 amide bonds. The summed E-state index contributed by atoms with van der Waals surface area (Å²) in [6.45, 7) is -0.734. The van der Waals surface area contributed by atoms with E-state index in [0.717, 1.165) is 11.5 Å². The fourth-order valence-electron chi connectivity index (χ4n) is 0.549. The van der Waals surface area contributed by atoms with Gasteiger partial charge in [0.15, 0.2) is 5.69 Å². The molecule has 0 fully saturated rings. The van der Waals surface area contributed by atoms with Crippen LogP contribution >= 0.6 is 11.5 Å². The van der Waals surface area contributed by atoms with Gasteiger partial charge in [0.2, 0.25) is 0 Å². The van der Waals surface area contributed by atoms with Crippen molar-refractivity contribution in [3.05, 3.63) is 10.6 Å². The Bertz CT molecular complexity index is 263. The van der Waals surface area contributed by atoms with E-state index in [1.165, 1.54) is 7.11 Å². The van der Waals surface area contributed by atoms with Crippen LogP contribution in [0.4, 0.5) is 4.39 Å². The molecule has 0 radical (unpaired) electrons. The Morgan fingerprint density at radius 2 is 2.55 bits per heavy atom. The van der Waals surface area contributed by atoms with Crippen LogP contribution in [0.2, 0.25) is 0 Å². The molecule has 0 atom stereocenters. The third-order valence-corrected chi connectivity index (χ3v) is 1.74. The second-order valence-corrected chi connectivity index (χ2v) is 2.51. The summed E-state index contributed by atoms with van der Waals surface area (Å²) in [4.78, 5) is 11.0. The minimum absolute atomic E-state index is 0.0278. The number of hydrogen-bond acceptors (Lipinski definition) is 5. The first-order valence-corrected chi connectivity index (χ1v) is 3.52. The highest BCUT2D eigenvalue weighted by molar-refractivity contribution is 7.05. The molecule has 0 aliphatic rings. The van der Waals surface area contributed by atoms with Gasteiger partial charge in [0, 0.05) is 0 Å². The number of halogens is 1. The molecule has 0 bridgehead atoms.